The van der Waals surface area contributed by atoms with E-state index in [2.05, 4.69) is 23.2 Å². The average Bonchev–Trinajstić information content (AvgIpc) is 3.03. The summed E-state index contributed by atoms with van der Waals surface area (Å²) in [5.74, 6) is 0.225. The summed E-state index contributed by atoms with van der Waals surface area (Å²) in [6, 6.07) is 0.410. The van der Waals surface area contributed by atoms with Crippen LogP contribution in [0, 0.1) is 0 Å². The number of likely N-dealkylation sites (tertiary alicyclic amines) is 1. The largest absolute Gasteiger partial charge is 0.336 e. The first kappa shape index (κ1) is 17.3. The fourth-order valence-electron chi connectivity index (χ4n) is 4.11. The lowest BCUT2D eigenvalue weighted by Crippen LogP contribution is -2.48. The van der Waals surface area contributed by atoms with Crippen LogP contribution in [-0.2, 0) is 4.79 Å². The minimum atomic E-state index is 0.0749. The summed E-state index contributed by atoms with van der Waals surface area (Å²) in [5.41, 5.74) is 1.22. The Balaban J connectivity index is 1.48. The molecule has 0 bridgehead atoms. The standard InChI is InChI=1S/C18H30N4O2/c1-2-21(15-6-4-3-5-7-15)17(23)14-20-11-8-16(9-12-20)22-13-10-19-18(22)24/h6,16H,2-5,7-14H2,1H3,(H,19,24). The van der Waals surface area contributed by atoms with E-state index in [0.29, 0.717) is 12.6 Å². The van der Waals surface area contributed by atoms with Gasteiger partial charge in [-0.1, -0.05) is 6.08 Å². The Morgan fingerprint density at radius 1 is 1.29 bits per heavy atom. The second kappa shape index (κ2) is 8.01. The molecule has 3 rings (SSSR count). The maximum atomic E-state index is 12.7. The summed E-state index contributed by atoms with van der Waals surface area (Å²) in [7, 11) is 0. The normalized spacial score (nSPS) is 23.1. The van der Waals surface area contributed by atoms with E-state index in [-0.39, 0.29) is 11.9 Å². The van der Waals surface area contributed by atoms with E-state index in [1.165, 1.54) is 18.5 Å². The summed E-state index contributed by atoms with van der Waals surface area (Å²) in [6.45, 7) is 6.70. The van der Waals surface area contributed by atoms with E-state index in [9.17, 15) is 9.59 Å². The monoisotopic (exact) mass is 334 g/mol. The van der Waals surface area contributed by atoms with Crippen LogP contribution in [0.4, 0.5) is 4.79 Å². The molecule has 2 saturated heterocycles. The van der Waals surface area contributed by atoms with Gasteiger partial charge in [0.2, 0.25) is 5.91 Å². The number of hydrogen-bond acceptors (Lipinski definition) is 3. The van der Waals surface area contributed by atoms with Crippen molar-refractivity contribution in [2.75, 3.05) is 39.3 Å². The number of rotatable bonds is 5. The quantitative estimate of drug-likeness (QED) is 0.834. The lowest BCUT2D eigenvalue weighted by atomic mass is 10.0. The lowest BCUT2D eigenvalue weighted by Gasteiger charge is -2.37. The summed E-state index contributed by atoms with van der Waals surface area (Å²) in [6.07, 6.45) is 8.74. The van der Waals surface area contributed by atoms with Crippen LogP contribution in [-0.4, -0.2) is 71.9 Å². The fourth-order valence-corrected chi connectivity index (χ4v) is 4.11. The molecule has 0 aromatic rings. The zero-order chi connectivity index (χ0) is 16.9. The van der Waals surface area contributed by atoms with Gasteiger partial charge in [-0.25, -0.2) is 4.79 Å². The van der Waals surface area contributed by atoms with Crippen LogP contribution in [0.15, 0.2) is 11.8 Å². The van der Waals surface area contributed by atoms with Gasteiger partial charge in [0, 0.05) is 44.5 Å². The third-order valence-corrected chi connectivity index (χ3v) is 5.48. The van der Waals surface area contributed by atoms with Crippen molar-refractivity contribution in [3.05, 3.63) is 11.8 Å². The highest BCUT2D eigenvalue weighted by molar-refractivity contribution is 5.80. The van der Waals surface area contributed by atoms with Gasteiger partial charge in [-0.2, -0.15) is 0 Å². The number of likely N-dealkylation sites (N-methyl/N-ethyl adjacent to an activating group) is 1. The van der Waals surface area contributed by atoms with Crippen molar-refractivity contribution >= 4 is 11.9 Å². The van der Waals surface area contributed by atoms with Gasteiger partial charge < -0.3 is 15.1 Å². The van der Waals surface area contributed by atoms with Gasteiger partial charge in [0.15, 0.2) is 0 Å². The van der Waals surface area contributed by atoms with Gasteiger partial charge in [0.1, 0.15) is 0 Å². The third-order valence-electron chi connectivity index (χ3n) is 5.48. The maximum absolute atomic E-state index is 12.7. The minimum absolute atomic E-state index is 0.0749. The van der Waals surface area contributed by atoms with Crippen LogP contribution in [0.1, 0.15) is 45.4 Å². The van der Waals surface area contributed by atoms with Crippen LogP contribution in [0.25, 0.3) is 0 Å². The lowest BCUT2D eigenvalue weighted by molar-refractivity contribution is -0.130. The molecular formula is C18H30N4O2. The smallest absolute Gasteiger partial charge is 0.317 e. The molecule has 2 aliphatic heterocycles. The molecule has 0 aromatic carbocycles. The number of nitrogens with one attached hydrogen (secondary N) is 1. The van der Waals surface area contributed by atoms with Crippen molar-refractivity contribution in [1.82, 2.24) is 20.0 Å². The van der Waals surface area contributed by atoms with Gasteiger partial charge in [-0.05, 0) is 45.4 Å². The number of piperidine rings is 1. The van der Waals surface area contributed by atoms with Crippen LogP contribution in [0.2, 0.25) is 0 Å². The molecule has 2 fully saturated rings. The number of hydrogen-bond donors (Lipinski definition) is 1. The van der Waals surface area contributed by atoms with Crippen LogP contribution >= 0.6 is 0 Å². The second-order valence-electron chi connectivity index (χ2n) is 7.01. The van der Waals surface area contributed by atoms with Crippen molar-refractivity contribution in [3.63, 3.8) is 0 Å². The third kappa shape index (κ3) is 3.91. The van der Waals surface area contributed by atoms with E-state index in [0.717, 1.165) is 58.4 Å². The van der Waals surface area contributed by atoms with Crippen molar-refractivity contribution < 1.29 is 9.59 Å². The molecule has 3 amide bonds. The average molecular weight is 334 g/mol. The second-order valence-corrected chi connectivity index (χ2v) is 7.01. The zero-order valence-electron chi connectivity index (χ0n) is 14.8. The van der Waals surface area contributed by atoms with E-state index in [1.54, 1.807) is 0 Å². The van der Waals surface area contributed by atoms with E-state index in [4.69, 9.17) is 0 Å². The SMILES string of the molecule is CCN(C(=O)CN1CCC(N2CCNC2=O)CC1)C1=CCCCC1. The predicted molar refractivity (Wildman–Crippen MR) is 93.5 cm³/mol. The van der Waals surface area contributed by atoms with Gasteiger partial charge >= 0.3 is 6.03 Å². The van der Waals surface area contributed by atoms with Crippen molar-refractivity contribution in [2.45, 2.75) is 51.5 Å². The molecule has 1 aliphatic carbocycles. The molecule has 6 heteroatoms. The molecule has 0 unspecified atom stereocenters. The van der Waals surface area contributed by atoms with E-state index < -0.39 is 0 Å². The molecule has 0 spiro atoms. The van der Waals surface area contributed by atoms with E-state index in [1.807, 2.05) is 9.80 Å². The number of carbonyl (C=O) groups is 2. The van der Waals surface area contributed by atoms with Crippen LogP contribution in [0.5, 0.6) is 0 Å². The molecule has 1 N–H and O–H groups in total. The molecule has 2 heterocycles. The Bertz CT molecular complexity index is 497. The van der Waals surface area contributed by atoms with Gasteiger partial charge in [0.25, 0.3) is 0 Å². The van der Waals surface area contributed by atoms with Crippen LogP contribution in [0.3, 0.4) is 0 Å². The highest BCUT2D eigenvalue weighted by Gasteiger charge is 2.31. The summed E-state index contributed by atoms with van der Waals surface area (Å²) < 4.78 is 0. The Morgan fingerprint density at radius 2 is 2.08 bits per heavy atom. The molecule has 0 saturated carbocycles. The molecule has 0 atom stereocenters. The topological polar surface area (TPSA) is 55.9 Å². The maximum Gasteiger partial charge on any atom is 0.317 e. The number of nitrogens with zero attached hydrogens (tertiary/aromatic N) is 3. The fraction of sp³-hybridized carbons (Fsp3) is 0.778. The summed E-state index contributed by atoms with van der Waals surface area (Å²) >= 11 is 0. The first-order valence-corrected chi connectivity index (χ1v) is 9.45. The van der Waals surface area contributed by atoms with E-state index >= 15 is 0 Å². The number of carbonyl (C=O) groups excluding carboxylic acids is 2. The van der Waals surface area contributed by atoms with Crippen molar-refractivity contribution in [2.24, 2.45) is 0 Å². The van der Waals surface area contributed by atoms with Crippen LogP contribution < -0.4 is 5.32 Å². The summed E-state index contributed by atoms with van der Waals surface area (Å²) in [4.78, 5) is 30.7. The highest BCUT2D eigenvalue weighted by atomic mass is 16.2. The molecule has 24 heavy (non-hydrogen) atoms. The zero-order valence-corrected chi connectivity index (χ0v) is 14.8. The first-order valence-electron chi connectivity index (χ1n) is 9.45. The van der Waals surface area contributed by atoms with Crippen molar-refractivity contribution in [3.8, 4) is 0 Å². The Labute approximate surface area is 144 Å². The Kier molecular flexibility index (Phi) is 5.76. The molecular weight excluding hydrogens is 304 g/mol. The summed E-state index contributed by atoms with van der Waals surface area (Å²) in [5, 5.41) is 2.88. The number of urea groups is 1. The molecule has 3 aliphatic rings. The molecule has 0 radical (unpaired) electrons. The molecule has 0 aromatic heterocycles. The first-order chi connectivity index (χ1) is 11.7. The van der Waals surface area contributed by atoms with Gasteiger partial charge in [-0.15, -0.1) is 0 Å². The Hall–Kier alpha value is -1.56. The minimum Gasteiger partial charge on any atom is -0.336 e. The predicted octanol–water partition coefficient (Wildman–Crippen LogP) is 1.78. The molecule has 6 nitrogen and oxygen atoms in total. The number of allylic oxidation sites excluding steroid dienone is 2. The van der Waals surface area contributed by atoms with Gasteiger partial charge in [0.05, 0.1) is 6.54 Å². The highest BCUT2D eigenvalue weighted by Crippen LogP contribution is 2.22. The Morgan fingerprint density at radius 3 is 2.67 bits per heavy atom. The van der Waals surface area contributed by atoms with Gasteiger partial charge in [-0.3, -0.25) is 9.69 Å². The molecule has 134 valence electrons. The number of amides is 3. The van der Waals surface area contributed by atoms with Crippen molar-refractivity contribution in [1.29, 1.82) is 0 Å².